The van der Waals surface area contributed by atoms with Crippen molar-refractivity contribution in [2.45, 2.75) is 56.1 Å². The van der Waals surface area contributed by atoms with Gasteiger partial charge in [-0.1, -0.05) is 0 Å². The third-order valence-electron chi connectivity index (χ3n) is 2.88. The average molecular weight is 281 g/mol. The topological polar surface area (TPSA) is 66.6 Å². The number of alkyl halides is 1. The molecule has 0 bridgehead atoms. The van der Waals surface area contributed by atoms with Crippen molar-refractivity contribution >= 4 is 15.9 Å². The molecule has 0 aromatic rings. The van der Waals surface area contributed by atoms with Crippen molar-refractivity contribution in [1.82, 2.24) is 5.06 Å². The first-order chi connectivity index (χ1) is 6.51. The van der Waals surface area contributed by atoms with Crippen LogP contribution in [-0.4, -0.2) is 30.7 Å². The van der Waals surface area contributed by atoms with Crippen LogP contribution in [-0.2, 0) is 0 Å². The molecule has 88 valence electrons. The van der Waals surface area contributed by atoms with Crippen molar-refractivity contribution in [2.75, 3.05) is 0 Å². The summed E-state index contributed by atoms with van der Waals surface area (Å²) in [5, 5.41) is 22.2. The zero-order valence-corrected chi connectivity index (χ0v) is 11.0. The summed E-state index contributed by atoms with van der Waals surface area (Å²) in [6, 6.07) is 0. The van der Waals surface area contributed by atoms with Gasteiger partial charge in [-0.3, -0.25) is 10.1 Å². The van der Waals surface area contributed by atoms with Gasteiger partial charge in [-0.25, -0.2) is 0 Å². The molecule has 0 aromatic carbocycles. The minimum Gasteiger partial charge on any atom is -0.313 e. The van der Waals surface area contributed by atoms with Crippen molar-refractivity contribution in [3.8, 4) is 0 Å². The van der Waals surface area contributed by atoms with Crippen LogP contribution in [0.1, 0.15) is 40.5 Å². The van der Waals surface area contributed by atoms with E-state index in [9.17, 15) is 15.3 Å². The van der Waals surface area contributed by atoms with Crippen molar-refractivity contribution in [1.29, 1.82) is 0 Å². The van der Waals surface area contributed by atoms with Crippen LogP contribution in [0.25, 0.3) is 0 Å². The lowest BCUT2D eigenvalue weighted by atomic mass is 9.79. The summed E-state index contributed by atoms with van der Waals surface area (Å²) in [5.41, 5.74) is -1.23. The summed E-state index contributed by atoms with van der Waals surface area (Å²) >= 11 is 3.20. The summed E-state index contributed by atoms with van der Waals surface area (Å²) in [6.07, 6.45) is 0.542. The van der Waals surface area contributed by atoms with Gasteiger partial charge in [0.1, 0.15) is 0 Å². The van der Waals surface area contributed by atoms with Crippen molar-refractivity contribution in [3.05, 3.63) is 10.1 Å². The first-order valence-corrected chi connectivity index (χ1v) is 5.63. The van der Waals surface area contributed by atoms with Crippen LogP contribution in [0.3, 0.4) is 0 Å². The number of nitro groups is 1. The molecule has 0 radical (unpaired) electrons. The van der Waals surface area contributed by atoms with Crippen LogP contribution in [0.2, 0.25) is 0 Å². The molecular weight excluding hydrogens is 264 g/mol. The van der Waals surface area contributed by atoms with E-state index in [2.05, 4.69) is 15.9 Å². The Labute approximate surface area is 97.7 Å². The van der Waals surface area contributed by atoms with Crippen molar-refractivity contribution < 1.29 is 10.1 Å². The van der Waals surface area contributed by atoms with E-state index in [1.807, 2.05) is 0 Å². The molecule has 0 amide bonds. The van der Waals surface area contributed by atoms with Crippen molar-refractivity contribution in [3.63, 3.8) is 0 Å². The Bertz CT molecular complexity index is 273. The minimum atomic E-state index is -1.14. The molecular formula is C9H17BrN2O3. The fourth-order valence-electron chi connectivity index (χ4n) is 2.49. The smallest absolute Gasteiger partial charge is 0.278 e. The molecule has 0 atom stereocenters. The standard InChI is InChI=1S/C9H17BrN2O3/c1-7(2)5-9(10,12(14)15)6-8(3,4)11(7)13/h13H,5-6H2,1-4H3. The number of halogens is 1. The predicted octanol–water partition coefficient (Wildman–Crippen LogP) is 2.40. The van der Waals surface area contributed by atoms with E-state index in [1.165, 1.54) is 5.06 Å². The summed E-state index contributed by atoms with van der Waals surface area (Å²) in [5.74, 6) is 0. The van der Waals surface area contributed by atoms with E-state index in [0.717, 1.165) is 0 Å². The van der Waals surface area contributed by atoms with Gasteiger partial charge in [0.05, 0.1) is 0 Å². The van der Waals surface area contributed by atoms with Crippen LogP contribution < -0.4 is 0 Å². The molecule has 1 saturated heterocycles. The largest absolute Gasteiger partial charge is 0.313 e. The molecule has 15 heavy (non-hydrogen) atoms. The molecule has 0 aliphatic carbocycles. The van der Waals surface area contributed by atoms with Gasteiger partial charge in [0.15, 0.2) is 0 Å². The van der Waals surface area contributed by atoms with E-state index in [-0.39, 0.29) is 17.8 Å². The van der Waals surface area contributed by atoms with Crippen LogP contribution >= 0.6 is 15.9 Å². The first-order valence-electron chi connectivity index (χ1n) is 4.84. The second-order valence-corrected chi connectivity index (χ2v) is 6.94. The fraction of sp³-hybridized carbons (Fsp3) is 1.00. The summed E-state index contributed by atoms with van der Waals surface area (Å²) in [4.78, 5) is 10.7. The summed E-state index contributed by atoms with van der Waals surface area (Å²) < 4.78 is -1.14. The number of hydrogen-bond donors (Lipinski definition) is 1. The van der Waals surface area contributed by atoms with Crippen molar-refractivity contribution in [2.24, 2.45) is 0 Å². The van der Waals surface area contributed by atoms with E-state index in [1.54, 1.807) is 27.7 Å². The monoisotopic (exact) mass is 280 g/mol. The summed E-state index contributed by atoms with van der Waals surface area (Å²) in [6.45, 7) is 7.20. The minimum absolute atomic E-state index is 0.271. The highest BCUT2D eigenvalue weighted by Gasteiger charge is 2.57. The molecule has 0 saturated carbocycles. The maximum Gasteiger partial charge on any atom is 0.278 e. The van der Waals surface area contributed by atoms with Crippen LogP contribution in [0.5, 0.6) is 0 Å². The number of hydrogen-bond acceptors (Lipinski definition) is 4. The lowest BCUT2D eigenvalue weighted by Gasteiger charge is -2.51. The van der Waals surface area contributed by atoms with Gasteiger partial charge in [0, 0.05) is 44.8 Å². The van der Waals surface area contributed by atoms with Gasteiger partial charge in [-0.05, 0) is 27.7 Å². The Morgan fingerprint density at radius 2 is 1.60 bits per heavy atom. The predicted molar refractivity (Wildman–Crippen MR) is 59.7 cm³/mol. The van der Waals surface area contributed by atoms with Gasteiger partial charge >= 0.3 is 0 Å². The Balaban J connectivity index is 3.09. The molecule has 1 rings (SSSR count). The van der Waals surface area contributed by atoms with E-state index in [0.29, 0.717) is 0 Å². The van der Waals surface area contributed by atoms with E-state index < -0.39 is 15.5 Å². The van der Waals surface area contributed by atoms with Gasteiger partial charge < -0.3 is 5.21 Å². The van der Waals surface area contributed by atoms with Gasteiger partial charge in [-0.2, -0.15) is 5.06 Å². The van der Waals surface area contributed by atoms with E-state index in [4.69, 9.17) is 0 Å². The molecule has 1 fully saturated rings. The molecule has 0 unspecified atom stereocenters. The normalized spacial score (nSPS) is 28.7. The lowest BCUT2D eigenvalue weighted by Crippen LogP contribution is -2.64. The highest BCUT2D eigenvalue weighted by molar-refractivity contribution is 9.10. The molecule has 0 spiro atoms. The highest BCUT2D eigenvalue weighted by Crippen LogP contribution is 2.46. The molecule has 1 N–H and O–H groups in total. The fourth-order valence-corrected chi connectivity index (χ4v) is 3.86. The maximum atomic E-state index is 11.0. The molecule has 0 aromatic heterocycles. The molecule has 6 heteroatoms. The second-order valence-electron chi connectivity index (χ2n) is 5.47. The van der Waals surface area contributed by atoms with E-state index >= 15 is 0 Å². The first kappa shape index (κ1) is 12.9. The molecule has 1 heterocycles. The van der Waals surface area contributed by atoms with Crippen LogP contribution in [0, 0.1) is 10.1 Å². The molecule has 1 aliphatic heterocycles. The Hall–Kier alpha value is -0.200. The molecule has 5 nitrogen and oxygen atoms in total. The zero-order valence-electron chi connectivity index (χ0n) is 9.45. The van der Waals surface area contributed by atoms with Crippen LogP contribution in [0.15, 0.2) is 0 Å². The third-order valence-corrected chi connectivity index (χ3v) is 3.73. The second kappa shape index (κ2) is 3.40. The van der Waals surface area contributed by atoms with Crippen LogP contribution in [0.4, 0.5) is 0 Å². The highest BCUT2D eigenvalue weighted by atomic mass is 79.9. The Morgan fingerprint density at radius 3 is 1.87 bits per heavy atom. The summed E-state index contributed by atoms with van der Waals surface area (Å²) in [7, 11) is 0. The quantitative estimate of drug-likeness (QED) is 0.347. The number of hydroxylamine groups is 2. The Kier molecular flexibility index (Phi) is 2.91. The Morgan fingerprint density at radius 1 is 1.27 bits per heavy atom. The SMILES string of the molecule is CC1(C)CC(Br)([N+](=O)[O-])CC(C)(C)N1O. The molecule has 1 aliphatic rings. The number of nitrogens with zero attached hydrogens (tertiary/aromatic N) is 2. The van der Waals surface area contributed by atoms with Gasteiger partial charge in [-0.15, -0.1) is 0 Å². The van der Waals surface area contributed by atoms with Gasteiger partial charge in [0.2, 0.25) is 0 Å². The number of piperidine rings is 1. The number of rotatable bonds is 1. The lowest BCUT2D eigenvalue weighted by molar-refractivity contribution is -0.551. The third kappa shape index (κ3) is 2.16. The van der Waals surface area contributed by atoms with Gasteiger partial charge in [0.25, 0.3) is 4.45 Å². The zero-order chi connectivity index (χ0) is 12.1. The average Bonchev–Trinajstić information content (AvgIpc) is 1.98. The maximum absolute atomic E-state index is 11.0.